The van der Waals surface area contributed by atoms with Crippen LogP contribution in [0, 0.1) is 3.82 Å². The zero-order valence-corrected chi connectivity index (χ0v) is 15.9. The van der Waals surface area contributed by atoms with Gasteiger partial charge < -0.3 is 0 Å². The first kappa shape index (κ1) is 17.3. The van der Waals surface area contributed by atoms with Crippen molar-refractivity contribution >= 4 is 45.2 Å². The van der Waals surface area contributed by atoms with Gasteiger partial charge in [-0.15, -0.1) is 0 Å². The third-order valence-electron chi connectivity index (χ3n) is 3.33. The second-order valence-corrected chi connectivity index (χ2v) is 9.44. The lowest BCUT2D eigenvalue weighted by atomic mass is 10.1. The van der Waals surface area contributed by atoms with Crippen molar-refractivity contribution in [3.05, 3.63) is 64.5 Å². The molecule has 0 aliphatic carbocycles. The lowest BCUT2D eigenvalue weighted by Crippen LogP contribution is -2.06. The van der Waals surface area contributed by atoms with Crippen LogP contribution in [0.1, 0.15) is 0 Å². The SMILES string of the molecule is CSc1nc(-c2ccccc2)c(S(=O)(=O)c2ccccc2)c(=S)s1. The summed E-state index contributed by atoms with van der Waals surface area (Å²) in [6, 6.07) is 17.6. The summed E-state index contributed by atoms with van der Waals surface area (Å²) in [5, 5.41) is 0. The van der Waals surface area contributed by atoms with Crippen molar-refractivity contribution in [1.82, 2.24) is 4.98 Å². The highest BCUT2D eigenvalue weighted by molar-refractivity contribution is 8.00. The van der Waals surface area contributed by atoms with Crippen molar-refractivity contribution in [2.45, 2.75) is 14.1 Å². The lowest BCUT2D eigenvalue weighted by Gasteiger charge is -2.11. The molecule has 0 fully saturated rings. The van der Waals surface area contributed by atoms with Crippen LogP contribution < -0.4 is 0 Å². The van der Waals surface area contributed by atoms with Gasteiger partial charge in [0, 0.05) is 5.56 Å². The van der Waals surface area contributed by atoms with E-state index < -0.39 is 9.84 Å². The Morgan fingerprint density at radius 2 is 1.58 bits per heavy atom. The van der Waals surface area contributed by atoms with Crippen LogP contribution in [0.3, 0.4) is 0 Å². The summed E-state index contributed by atoms with van der Waals surface area (Å²) < 4.78 is 27.4. The number of nitrogens with zero attached hydrogens (tertiary/aromatic N) is 1. The molecule has 0 amide bonds. The minimum atomic E-state index is -3.74. The van der Waals surface area contributed by atoms with Crippen LogP contribution >= 0.6 is 35.3 Å². The summed E-state index contributed by atoms with van der Waals surface area (Å²) >= 11 is 8.10. The molecule has 0 unspecified atom stereocenters. The van der Waals surface area contributed by atoms with Crippen LogP contribution in [0.15, 0.2) is 74.8 Å². The number of benzene rings is 2. The van der Waals surface area contributed by atoms with Gasteiger partial charge in [-0.2, -0.15) is 0 Å². The van der Waals surface area contributed by atoms with Crippen molar-refractivity contribution in [2.24, 2.45) is 0 Å². The average Bonchev–Trinajstić information content (AvgIpc) is 2.62. The number of thioether (sulfide) groups is 1. The number of sulfone groups is 1. The van der Waals surface area contributed by atoms with Crippen molar-refractivity contribution in [3.8, 4) is 11.3 Å². The molecule has 0 saturated carbocycles. The molecule has 0 aliphatic rings. The molecular formula is C17H13NO2S4. The highest BCUT2D eigenvalue weighted by Crippen LogP contribution is 2.35. The highest BCUT2D eigenvalue weighted by atomic mass is 32.2. The third-order valence-corrected chi connectivity index (χ3v) is 7.71. The maximum Gasteiger partial charge on any atom is 0.211 e. The van der Waals surface area contributed by atoms with Gasteiger partial charge in [-0.3, -0.25) is 0 Å². The molecule has 1 aromatic heterocycles. The summed E-state index contributed by atoms with van der Waals surface area (Å²) in [5.74, 6) is 0. The molecule has 3 aromatic rings. The molecule has 3 rings (SSSR count). The molecule has 3 nitrogen and oxygen atoms in total. The molecule has 1 heterocycles. The molecule has 0 atom stereocenters. The quantitative estimate of drug-likeness (QED) is 0.458. The fraction of sp³-hybridized carbons (Fsp3) is 0.0588. The second kappa shape index (κ2) is 7.14. The summed E-state index contributed by atoms with van der Waals surface area (Å²) in [5.41, 5.74) is 1.15. The van der Waals surface area contributed by atoms with Gasteiger partial charge in [0.05, 0.1) is 10.6 Å². The smallest absolute Gasteiger partial charge is 0.211 e. The van der Waals surface area contributed by atoms with Gasteiger partial charge in [-0.1, -0.05) is 83.8 Å². The maximum absolute atomic E-state index is 13.1. The van der Waals surface area contributed by atoms with E-state index in [1.807, 2.05) is 36.6 Å². The Kier molecular flexibility index (Phi) is 5.15. The van der Waals surface area contributed by atoms with Crippen molar-refractivity contribution in [1.29, 1.82) is 0 Å². The van der Waals surface area contributed by atoms with E-state index in [1.165, 1.54) is 23.1 Å². The van der Waals surface area contributed by atoms with Gasteiger partial charge in [-0.05, 0) is 18.4 Å². The molecule has 0 N–H and O–H groups in total. The van der Waals surface area contributed by atoms with E-state index >= 15 is 0 Å². The van der Waals surface area contributed by atoms with Gasteiger partial charge >= 0.3 is 0 Å². The largest absolute Gasteiger partial charge is 0.229 e. The van der Waals surface area contributed by atoms with E-state index in [4.69, 9.17) is 12.2 Å². The molecule has 0 radical (unpaired) electrons. The second-order valence-electron chi connectivity index (χ2n) is 4.83. The molecule has 0 spiro atoms. The van der Waals surface area contributed by atoms with Crippen molar-refractivity contribution in [3.63, 3.8) is 0 Å². The Hall–Kier alpha value is -1.54. The Balaban J connectivity index is 2.34. The summed E-state index contributed by atoms with van der Waals surface area (Å²) in [7, 11) is -3.74. The van der Waals surface area contributed by atoms with Crippen LogP contribution in [0.5, 0.6) is 0 Å². The van der Waals surface area contributed by atoms with Gasteiger partial charge in [0.25, 0.3) is 0 Å². The topological polar surface area (TPSA) is 47.0 Å². The average molecular weight is 392 g/mol. The van der Waals surface area contributed by atoms with Gasteiger partial charge in [0.15, 0.2) is 4.34 Å². The van der Waals surface area contributed by atoms with Crippen molar-refractivity contribution in [2.75, 3.05) is 6.26 Å². The van der Waals surface area contributed by atoms with E-state index in [1.54, 1.807) is 30.3 Å². The first-order valence-electron chi connectivity index (χ1n) is 6.98. The number of hydrogen-bond donors (Lipinski definition) is 0. The van der Waals surface area contributed by atoms with E-state index in [0.717, 1.165) is 9.90 Å². The van der Waals surface area contributed by atoms with Crippen molar-refractivity contribution < 1.29 is 8.42 Å². The van der Waals surface area contributed by atoms with Crippen LogP contribution in [0.2, 0.25) is 0 Å². The molecule has 2 aromatic carbocycles. The fourth-order valence-electron chi connectivity index (χ4n) is 2.22. The Morgan fingerprint density at radius 3 is 2.17 bits per heavy atom. The summed E-state index contributed by atoms with van der Waals surface area (Å²) in [4.78, 5) is 4.88. The van der Waals surface area contributed by atoms with Crippen LogP contribution in [0.4, 0.5) is 0 Å². The third kappa shape index (κ3) is 3.30. The number of hydrogen-bond acceptors (Lipinski definition) is 6. The van der Waals surface area contributed by atoms with E-state index in [2.05, 4.69) is 4.98 Å². The van der Waals surface area contributed by atoms with Crippen LogP contribution in [-0.2, 0) is 9.84 Å². The summed E-state index contributed by atoms with van der Waals surface area (Å²) in [6.45, 7) is 0. The predicted octanol–water partition coefficient (Wildman–Crippen LogP) is 5.09. The molecule has 122 valence electrons. The highest BCUT2D eigenvalue weighted by Gasteiger charge is 2.26. The Bertz CT molecular complexity index is 1010. The standard InChI is InChI=1S/C17H13NO2S4/c1-22-17-18-14(12-8-4-2-5-9-12)15(16(21)23-17)24(19,20)13-10-6-3-7-11-13/h2-11H,1H3. The number of aromatic nitrogens is 1. The molecule has 0 aliphatic heterocycles. The zero-order valence-electron chi connectivity index (χ0n) is 12.7. The first-order valence-corrected chi connectivity index (χ1v) is 10.9. The van der Waals surface area contributed by atoms with Crippen LogP contribution in [0.25, 0.3) is 11.3 Å². The van der Waals surface area contributed by atoms with E-state index in [9.17, 15) is 8.42 Å². The van der Waals surface area contributed by atoms with Crippen LogP contribution in [-0.4, -0.2) is 19.7 Å². The Morgan fingerprint density at radius 1 is 1.00 bits per heavy atom. The zero-order chi connectivity index (χ0) is 17.2. The van der Waals surface area contributed by atoms with Gasteiger partial charge in [0.2, 0.25) is 9.84 Å². The first-order chi connectivity index (χ1) is 11.5. The Labute approximate surface area is 154 Å². The van der Waals surface area contributed by atoms with E-state index in [-0.39, 0.29) is 9.79 Å². The molecule has 24 heavy (non-hydrogen) atoms. The van der Waals surface area contributed by atoms with Gasteiger partial charge in [0.1, 0.15) is 8.72 Å². The summed E-state index contributed by atoms with van der Waals surface area (Å²) in [6.07, 6.45) is 1.90. The van der Waals surface area contributed by atoms with Gasteiger partial charge in [-0.25, -0.2) is 13.4 Å². The maximum atomic E-state index is 13.1. The molecular weight excluding hydrogens is 378 g/mol. The normalized spacial score (nSPS) is 11.4. The molecule has 7 heteroatoms. The minimum absolute atomic E-state index is 0.109. The minimum Gasteiger partial charge on any atom is -0.229 e. The monoisotopic (exact) mass is 391 g/mol. The fourth-order valence-corrected chi connectivity index (χ4v) is 6.14. The van der Waals surface area contributed by atoms with E-state index in [0.29, 0.717) is 9.52 Å². The number of rotatable bonds is 4. The molecule has 0 bridgehead atoms. The lowest BCUT2D eigenvalue weighted by molar-refractivity contribution is 0.596. The molecule has 0 saturated heterocycles. The predicted molar refractivity (Wildman–Crippen MR) is 102 cm³/mol.